The van der Waals surface area contributed by atoms with Gasteiger partial charge in [0, 0.05) is 13.3 Å². The minimum atomic E-state index is -0.755. The summed E-state index contributed by atoms with van der Waals surface area (Å²) < 4.78 is 28.5. The van der Waals surface area contributed by atoms with Gasteiger partial charge in [-0.15, -0.1) is 0 Å². The summed E-state index contributed by atoms with van der Waals surface area (Å²) in [5.74, 6) is 0.177. The number of ether oxygens (including phenoxy) is 5. The molecular formula is C31H38N2O8. The highest BCUT2D eigenvalue weighted by molar-refractivity contribution is 5.97. The number of esters is 1. The Kier molecular flexibility index (Phi) is 9.22. The Morgan fingerprint density at radius 1 is 1.05 bits per heavy atom. The molecule has 0 radical (unpaired) electrons. The van der Waals surface area contributed by atoms with E-state index in [1.807, 2.05) is 42.5 Å². The first-order valence-electron chi connectivity index (χ1n) is 13.6. The summed E-state index contributed by atoms with van der Waals surface area (Å²) >= 11 is 0. The molecular weight excluding hydrogens is 528 g/mol. The highest BCUT2D eigenvalue weighted by atomic mass is 16.6. The summed E-state index contributed by atoms with van der Waals surface area (Å²) in [6.07, 6.45) is 0.791. The Hall–Kier alpha value is -4.05. The lowest BCUT2D eigenvalue weighted by molar-refractivity contribution is -0.155. The summed E-state index contributed by atoms with van der Waals surface area (Å²) in [4.78, 5) is 40.7. The SMILES string of the molecule is COc1cc2c(cc1OC)[C@H](COCc1ccccc1)N1C(=O)C(NC(=O)OC(C)(C)C)=CC[C@@H](OC(C)=O)[C@@H]1C2. The van der Waals surface area contributed by atoms with E-state index in [9.17, 15) is 14.4 Å². The van der Waals surface area contributed by atoms with Crippen molar-refractivity contribution < 1.29 is 38.1 Å². The second-order valence-electron chi connectivity index (χ2n) is 11.0. The largest absolute Gasteiger partial charge is 0.493 e. The van der Waals surface area contributed by atoms with Crippen molar-refractivity contribution >= 4 is 18.0 Å². The zero-order valence-corrected chi connectivity index (χ0v) is 24.4. The van der Waals surface area contributed by atoms with Gasteiger partial charge in [0.15, 0.2) is 11.5 Å². The number of nitrogens with zero attached hydrogens (tertiary/aromatic N) is 1. The average Bonchev–Trinajstić information content (AvgIpc) is 3.03. The first-order chi connectivity index (χ1) is 19.5. The van der Waals surface area contributed by atoms with Crippen LogP contribution in [-0.4, -0.2) is 61.4 Å². The van der Waals surface area contributed by atoms with Crippen LogP contribution in [0.4, 0.5) is 4.79 Å². The lowest BCUT2D eigenvalue weighted by atomic mass is 9.85. The maximum absolute atomic E-state index is 14.2. The molecule has 3 atom stereocenters. The van der Waals surface area contributed by atoms with Crippen LogP contribution < -0.4 is 14.8 Å². The fourth-order valence-corrected chi connectivity index (χ4v) is 5.24. The third-order valence-corrected chi connectivity index (χ3v) is 6.92. The monoisotopic (exact) mass is 566 g/mol. The number of carbonyl (C=O) groups is 3. The third-order valence-electron chi connectivity index (χ3n) is 6.92. The summed E-state index contributed by atoms with van der Waals surface area (Å²) in [6, 6.07) is 12.4. The van der Waals surface area contributed by atoms with Crippen LogP contribution in [-0.2, 0) is 36.8 Å². The van der Waals surface area contributed by atoms with Crippen LogP contribution >= 0.6 is 0 Å². The number of benzene rings is 2. The molecule has 2 aliphatic heterocycles. The van der Waals surface area contributed by atoms with Crippen LogP contribution in [0.5, 0.6) is 11.5 Å². The van der Waals surface area contributed by atoms with E-state index < -0.39 is 41.8 Å². The lowest BCUT2D eigenvalue weighted by Crippen LogP contribution is -2.55. The van der Waals surface area contributed by atoms with E-state index in [1.165, 1.54) is 6.92 Å². The van der Waals surface area contributed by atoms with E-state index in [2.05, 4.69) is 5.32 Å². The lowest BCUT2D eigenvalue weighted by Gasteiger charge is -2.45. The molecule has 10 heteroatoms. The van der Waals surface area contributed by atoms with Crippen molar-refractivity contribution in [3.63, 3.8) is 0 Å². The van der Waals surface area contributed by atoms with Crippen molar-refractivity contribution in [3.8, 4) is 11.5 Å². The van der Waals surface area contributed by atoms with Gasteiger partial charge in [0.2, 0.25) is 0 Å². The predicted molar refractivity (Wildman–Crippen MR) is 150 cm³/mol. The zero-order valence-electron chi connectivity index (χ0n) is 24.4. The standard InChI is InChI=1S/C31H38N2O8/c1-19(34)40-26-13-12-23(32-30(36)41-31(2,3)4)29(35)33-24(26)14-21-15-27(37-5)28(38-6)16-22(21)25(33)18-39-17-20-10-8-7-9-11-20/h7-12,15-16,24-26H,13-14,17-18H2,1-6H3,(H,32,36)/t24-,25-,26+/m0/s1. The normalized spacial score (nSPS) is 20.1. The van der Waals surface area contributed by atoms with Gasteiger partial charge >= 0.3 is 12.1 Å². The second kappa shape index (κ2) is 12.6. The minimum absolute atomic E-state index is 0.0517. The van der Waals surface area contributed by atoms with Crippen LogP contribution in [0.25, 0.3) is 0 Å². The van der Waals surface area contributed by atoms with E-state index in [1.54, 1.807) is 46.0 Å². The van der Waals surface area contributed by atoms with E-state index in [0.717, 1.165) is 16.7 Å². The van der Waals surface area contributed by atoms with E-state index >= 15 is 0 Å². The quantitative estimate of drug-likeness (QED) is 0.466. The maximum Gasteiger partial charge on any atom is 0.412 e. The summed E-state index contributed by atoms with van der Waals surface area (Å²) in [6.45, 7) is 7.04. The Balaban J connectivity index is 1.75. The van der Waals surface area contributed by atoms with Gasteiger partial charge in [0.1, 0.15) is 17.4 Å². The molecule has 220 valence electrons. The van der Waals surface area contributed by atoms with Crippen LogP contribution in [0.2, 0.25) is 0 Å². The molecule has 0 fully saturated rings. The Labute approximate surface area is 240 Å². The maximum atomic E-state index is 14.2. The number of amides is 2. The second-order valence-corrected chi connectivity index (χ2v) is 11.0. The Bertz CT molecular complexity index is 1300. The number of nitrogens with one attached hydrogen (secondary N) is 1. The van der Waals surface area contributed by atoms with Crippen LogP contribution in [0, 0.1) is 0 Å². The molecule has 0 unspecified atom stereocenters. The number of alkyl carbamates (subject to hydrolysis) is 1. The minimum Gasteiger partial charge on any atom is -0.493 e. The van der Waals surface area contributed by atoms with Crippen molar-refractivity contribution in [1.29, 1.82) is 0 Å². The van der Waals surface area contributed by atoms with Crippen molar-refractivity contribution in [2.75, 3.05) is 20.8 Å². The topological polar surface area (TPSA) is 113 Å². The van der Waals surface area contributed by atoms with Gasteiger partial charge in [-0.05, 0) is 56.0 Å². The fraction of sp³-hybridized carbons (Fsp3) is 0.452. The molecule has 4 rings (SSSR count). The zero-order chi connectivity index (χ0) is 29.7. The number of methoxy groups -OCH3 is 2. The Morgan fingerprint density at radius 3 is 2.37 bits per heavy atom. The molecule has 2 aromatic carbocycles. The van der Waals surface area contributed by atoms with Crippen LogP contribution in [0.1, 0.15) is 56.8 Å². The molecule has 0 spiro atoms. The number of fused-ring (bicyclic) bond motifs is 2. The van der Waals surface area contributed by atoms with Gasteiger partial charge in [-0.2, -0.15) is 0 Å². The smallest absolute Gasteiger partial charge is 0.412 e. The van der Waals surface area contributed by atoms with Gasteiger partial charge < -0.3 is 28.6 Å². The molecule has 0 bridgehead atoms. The molecule has 0 aromatic heterocycles. The number of carbonyl (C=O) groups excluding carboxylic acids is 3. The van der Waals surface area contributed by atoms with Crippen LogP contribution in [0.3, 0.4) is 0 Å². The van der Waals surface area contributed by atoms with Gasteiger partial charge in [-0.25, -0.2) is 4.79 Å². The molecule has 0 aliphatic carbocycles. The molecule has 0 saturated heterocycles. The summed E-state index contributed by atoms with van der Waals surface area (Å²) in [7, 11) is 3.12. The third kappa shape index (κ3) is 7.18. The molecule has 1 N–H and O–H groups in total. The van der Waals surface area contributed by atoms with Gasteiger partial charge in [0.25, 0.3) is 5.91 Å². The van der Waals surface area contributed by atoms with Crippen molar-refractivity contribution in [2.45, 2.75) is 70.9 Å². The molecule has 2 amide bonds. The molecule has 41 heavy (non-hydrogen) atoms. The number of rotatable bonds is 8. The van der Waals surface area contributed by atoms with E-state index in [4.69, 9.17) is 23.7 Å². The van der Waals surface area contributed by atoms with Gasteiger partial charge in [0.05, 0.1) is 39.5 Å². The molecule has 2 aliphatic rings. The highest BCUT2D eigenvalue weighted by Crippen LogP contribution is 2.43. The fourth-order valence-electron chi connectivity index (χ4n) is 5.24. The highest BCUT2D eigenvalue weighted by Gasteiger charge is 2.45. The average molecular weight is 567 g/mol. The first kappa shape index (κ1) is 29.9. The molecule has 2 aromatic rings. The number of hydrogen-bond acceptors (Lipinski definition) is 8. The molecule has 2 heterocycles. The van der Waals surface area contributed by atoms with E-state index in [-0.39, 0.29) is 18.7 Å². The van der Waals surface area contributed by atoms with E-state index in [0.29, 0.717) is 24.5 Å². The van der Waals surface area contributed by atoms with Crippen molar-refractivity contribution in [2.24, 2.45) is 0 Å². The molecule has 0 saturated carbocycles. The Morgan fingerprint density at radius 2 is 1.73 bits per heavy atom. The van der Waals surface area contributed by atoms with Crippen molar-refractivity contribution in [3.05, 3.63) is 70.9 Å². The number of hydrogen-bond donors (Lipinski definition) is 1. The summed E-state index contributed by atoms with van der Waals surface area (Å²) in [5, 5.41) is 2.62. The predicted octanol–water partition coefficient (Wildman–Crippen LogP) is 4.46. The molecule has 10 nitrogen and oxygen atoms in total. The van der Waals surface area contributed by atoms with Crippen LogP contribution in [0.15, 0.2) is 54.2 Å². The van der Waals surface area contributed by atoms with Crippen molar-refractivity contribution in [1.82, 2.24) is 10.2 Å². The summed E-state index contributed by atoms with van der Waals surface area (Å²) in [5.41, 5.74) is 2.02. The first-order valence-corrected chi connectivity index (χ1v) is 13.6. The van der Waals surface area contributed by atoms with Gasteiger partial charge in [-0.1, -0.05) is 36.4 Å². The van der Waals surface area contributed by atoms with Gasteiger partial charge in [-0.3, -0.25) is 14.9 Å².